The number of hydrogen-bond acceptors (Lipinski definition) is 3. The van der Waals surface area contributed by atoms with Gasteiger partial charge in [0.1, 0.15) is 5.82 Å². The summed E-state index contributed by atoms with van der Waals surface area (Å²) >= 11 is 0. The molecule has 0 aliphatic carbocycles. The van der Waals surface area contributed by atoms with Crippen molar-refractivity contribution in [3.05, 3.63) is 29.1 Å². The van der Waals surface area contributed by atoms with Crippen molar-refractivity contribution in [2.45, 2.75) is 13.3 Å². The largest absolute Gasteiger partial charge is 0.330 e. The maximum Gasteiger partial charge on any atom is 0.229 e. The van der Waals surface area contributed by atoms with Gasteiger partial charge in [0.25, 0.3) is 0 Å². The highest BCUT2D eigenvalue weighted by Crippen LogP contribution is 2.21. The Morgan fingerprint density at radius 3 is 2.47 bits per heavy atom. The molecule has 1 aromatic carbocycles. The predicted molar refractivity (Wildman–Crippen MR) is 69.6 cm³/mol. The van der Waals surface area contributed by atoms with Gasteiger partial charge >= 0.3 is 0 Å². The molecule has 1 aromatic rings. The van der Waals surface area contributed by atoms with Gasteiger partial charge in [0, 0.05) is 0 Å². The average Bonchev–Trinajstić information content (AvgIpc) is 2.11. The molecule has 0 bridgehead atoms. The number of nitrogens with one attached hydrogen (secondary N) is 1. The molecule has 0 radical (unpaired) electrons. The van der Waals surface area contributed by atoms with E-state index < -0.39 is 15.8 Å². The third kappa shape index (κ3) is 4.89. The van der Waals surface area contributed by atoms with Crippen LogP contribution < -0.4 is 10.5 Å². The maximum atomic E-state index is 13.5. The zero-order valence-corrected chi connectivity index (χ0v) is 11.3. The summed E-state index contributed by atoms with van der Waals surface area (Å²) in [7, 11) is -3.38. The number of anilines is 1. The van der Waals surface area contributed by atoms with Crippen LogP contribution in [0.2, 0.25) is 0 Å². The molecule has 0 heterocycles. The van der Waals surface area contributed by atoms with E-state index in [-0.39, 0.29) is 18.1 Å². The van der Waals surface area contributed by atoms with Gasteiger partial charge in [-0.05, 0) is 37.1 Å². The minimum Gasteiger partial charge on any atom is -0.330 e. The van der Waals surface area contributed by atoms with E-state index in [1.54, 1.807) is 13.0 Å². The van der Waals surface area contributed by atoms with Crippen LogP contribution >= 0.6 is 12.4 Å². The number of halogens is 2. The number of sulfonamides is 1. The lowest BCUT2D eigenvalue weighted by molar-refractivity contribution is 0.605. The smallest absolute Gasteiger partial charge is 0.229 e. The number of nitrogens with two attached hydrogens (primary N) is 1. The van der Waals surface area contributed by atoms with Gasteiger partial charge in [-0.25, -0.2) is 12.8 Å². The van der Waals surface area contributed by atoms with Gasteiger partial charge in [0.2, 0.25) is 10.0 Å². The van der Waals surface area contributed by atoms with Crippen LogP contribution in [-0.4, -0.2) is 21.2 Å². The van der Waals surface area contributed by atoms with Gasteiger partial charge in [0.15, 0.2) is 0 Å². The van der Waals surface area contributed by atoms with E-state index in [1.807, 2.05) is 0 Å². The number of rotatable bonds is 4. The van der Waals surface area contributed by atoms with Crippen LogP contribution in [0.3, 0.4) is 0 Å². The number of hydrogen-bond donors (Lipinski definition) is 2. The normalized spacial score (nSPS) is 10.8. The second kappa shape index (κ2) is 6.18. The van der Waals surface area contributed by atoms with E-state index in [0.717, 1.165) is 6.26 Å². The molecule has 0 aromatic heterocycles. The standard InChI is InChI=1S/C10H15FN2O2S.ClH/c1-7-5-8(3-4-12)9(11)6-10(7)13-16(2,14)15;/h5-6,13H,3-4,12H2,1-2H3;1H. The van der Waals surface area contributed by atoms with Gasteiger partial charge in [0.05, 0.1) is 11.9 Å². The summed E-state index contributed by atoms with van der Waals surface area (Å²) in [5, 5.41) is 0. The lowest BCUT2D eigenvalue weighted by Crippen LogP contribution is -2.12. The van der Waals surface area contributed by atoms with E-state index in [9.17, 15) is 12.8 Å². The zero-order chi connectivity index (χ0) is 12.3. The van der Waals surface area contributed by atoms with Crippen LogP contribution in [0.25, 0.3) is 0 Å². The first kappa shape index (κ1) is 16.1. The molecule has 0 atom stereocenters. The molecule has 1 rings (SSSR count). The van der Waals surface area contributed by atoms with Gasteiger partial charge < -0.3 is 5.73 Å². The minimum absolute atomic E-state index is 0. The van der Waals surface area contributed by atoms with Crippen molar-refractivity contribution in [3.8, 4) is 0 Å². The Kier molecular flexibility index (Phi) is 5.87. The highest BCUT2D eigenvalue weighted by molar-refractivity contribution is 7.92. The molecule has 0 aliphatic rings. The molecule has 0 saturated carbocycles. The second-order valence-corrected chi connectivity index (χ2v) is 5.42. The lowest BCUT2D eigenvalue weighted by atomic mass is 10.1. The van der Waals surface area contributed by atoms with E-state index in [2.05, 4.69) is 4.72 Å². The molecule has 4 nitrogen and oxygen atoms in total. The quantitative estimate of drug-likeness (QED) is 0.877. The summed E-state index contributed by atoms with van der Waals surface area (Å²) in [5.74, 6) is -0.442. The molecule has 0 aliphatic heterocycles. The summed E-state index contributed by atoms with van der Waals surface area (Å²) < 4.78 is 37.8. The number of benzene rings is 1. The van der Waals surface area contributed by atoms with E-state index in [1.165, 1.54) is 6.07 Å². The first-order valence-electron chi connectivity index (χ1n) is 4.80. The fraction of sp³-hybridized carbons (Fsp3) is 0.400. The van der Waals surface area contributed by atoms with E-state index in [0.29, 0.717) is 24.1 Å². The van der Waals surface area contributed by atoms with Gasteiger partial charge in [-0.15, -0.1) is 12.4 Å². The van der Waals surface area contributed by atoms with Crippen molar-refractivity contribution in [2.75, 3.05) is 17.5 Å². The molecule has 3 N–H and O–H groups in total. The SMILES string of the molecule is Cc1cc(CCN)c(F)cc1NS(C)(=O)=O.Cl. The fourth-order valence-corrected chi connectivity index (χ4v) is 2.02. The third-order valence-electron chi connectivity index (χ3n) is 2.10. The Labute approximate surface area is 107 Å². The molecule has 98 valence electrons. The van der Waals surface area contributed by atoms with Gasteiger partial charge in [-0.3, -0.25) is 4.72 Å². The fourth-order valence-electron chi connectivity index (χ4n) is 1.40. The zero-order valence-electron chi connectivity index (χ0n) is 9.66. The van der Waals surface area contributed by atoms with Crippen LogP contribution in [0.5, 0.6) is 0 Å². The molecular weight excluding hydrogens is 267 g/mol. The molecule has 0 unspecified atom stereocenters. The second-order valence-electron chi connectivity index (χ2n) is 3.67. The van der Waals surface area contributed by atoms with Crippen LogP contribution in [0, 0.1) is 12.7 Å². The predicted octanol–water partition coefficient (Wildman–Crippen LogP) is 1.43. The highest BCUT2D eigenvalue weighted by atomic mass is 35.5. The highest BCUT2D eigenvalue weighted by Gasteiger charge is 2.09. The summed E-state index contributed by atoms with van der Waals surface area (Å²) in [6.07, 6.45) is 1.46. The molecule has 0 amide bonds. The summed E-state index contributed by atoms with van der Waals surface area (Å²) in [4.78, 5) is 0. The molecule has 0 spiro atoms. The first-order valence-corrected chi connectivity index (χ1v) is 6.69. The Balaban J connectivity index is 0.00000256. The van der Waals surface area contributed by atoms with Crippen molar-refractivity contribution in [2.24, 2.45) is 5.73 Å². The topological polar surface area (TPSA) is 72.2 Å². The lowest BCUT2D eigenvalue weighted by Gasteiger charge is -2.10. The molecule has 17 heavy (non-hydrogen) atoms. The third-order valence-corrected chi connectivity index (χ3v) is 2.69. The monoisotopic (exact) mass is 282 g/mol. The summed E-state index contributed by atoms with van der Waals surface area (Å²) in [6, 6.07) is 2.79. The van der Waals surface area contributed by atoms with E-state index in [4.69, 9.17) is 5.73 Å². The molecule has 0 fully saturated rings. The molecule has 0 saturated heterocycles. The van der Waals surface area contributed by atoms with Crippen molar-refractivity contribution in [1.29, 1.82) is 0 Å². The van der Waals surface area contributed by atoms with Crippen LogP contribution in [0.1, 0.15) is 11.1 Å². The van der Waals surface area contributed by atoms with Crippen molar-refractivity contribution in [1.82, 2.24) is 0 Å². The first-order chi connectivity index (χ1) is 7.33. The van der Waals surface area contributed by atoms with Crippen LogP contribution in [0.4, 0.5) is 10.1 Å². The molecular formula is C10H16ClFN2O2S. The minimum atomic E-state index is -3.38. The van der Waals surface area contributed by atoms with Crippen molar-refractivity contribution < 1.29 is 12.8 Å². The van der Waals surface area contributed by atoms with Crippen LogP contribution in [0.15, 0.2) is 12.1 Å². The maximum absolute atomic E-state index is 13.5. The Hall–Kier alpha value is -0.850. The average molecular weight is 283 g/mol. The van der Waals surface area contributed by atoms with E-state index >= 15 is 0 Å². The summed E-state index contributed by atoms with van der Waals surface area (Å²) in [6.45, 7) is 2.07. The van der Waals surface area contributed by atoms with Gasteiger partial charge in [-0.1, -0.05) is 6.07 Å². The molecule has 7 heteroatoms. The Morgan fingerprint density at radius 1 is 1.41 bits per heavy atom. The van der Waals surface area contributed by atoms with Crippen LogP contribution in [-0.2, 0) is 16.4 Å². The van der Waals surface area contributed by atoms with Crippen molar-refractivity contribution in [3.63, 3.8) is 0 Å². The van der Waals surface area contributed by atoms with Gasteiger partial charge in [-0.2, -0.15) is 0 Å². The Morgan fingerprint density at radius 2 is 2.00 bits per heavy atom. The summed E-state index contributed by atoms with van der Waals surface area (Å²) in [5.41, 5.74) is 6.78. The number of aryl methyl sites for hydroxylation is 1. The Bertz CT molecular complexity index is 491. The van der Waals surface area contributed by atoms with Crippen molar-refractivity contribution >= 4 is 28.1 Å².